The van der Waals surface area contributed by atoms with E-state index in [9.17, 15) is 4.79 Å². The molecule has 0 fully saturated rings. The first-order chi connectivity index (χ1) is 9.16. The van der Waals surface area contributed by atoms with Gasteiger partial charge in [-0.15, -0.1) is 0 Å². The molecule has 2 aromatic rings. The van der Waals surface area contributed by atoms with E-state index in [0.717, 1.165) is 19.4 Å². The fourth-order valence-corrected chi connectivity index (χ4v) is 1.93. The van der Waals surface area contributed by atoms with Gasteiger partial charge in [0, 0.05) is 39.2 Å². The number of aromatic nitrogens is 3. The van der Waals surface area contributed by atoms with E-state index in [2.05, 4.69) is 10.1 Å². The molecule has 2 heterocycles. The molecule has 19 heavy (non-hydrogen) atoms. The summed E-state index contributed by atoms with van der Waals surface area (Å²) in [7, 11) is 3.72. The summed E-state index contributed by atoms with van der Waals surface area (Å²) in [5, 5.41) is 4.12. The van der Waals surface area contributed by atoms with E-state index >= 15 is 0 Å². The van der Waals surface area contributed by atoms with Crippen molar-refractivity contribution in [1.29, 1.82) is 0 Å². The zero-order chi connectivity index (χ0) is 13.7. The predicted molar refractivity (Wildman–Crippen MR) is 72.7 cm³/mol. The molecule has 5 heteroatoms. The number of rotatable bonds is 5. The van der Waals surface area contributed by atoms with Crippen LogP contribution in [0.1, 0.15) is 22.3 Å². The van der Waals surface area contributed by atoms with E-state index in [0.29, 0.717) is 5.56 Å². The first-order valence-corrected chi connectivity index (χ1v) is 6.30. The van der Waals surface area contributed by atoms with Gasteiger partial charge in [0.15, 0.2) is 0 Å². The van der Waals surface area contributed by atoms with Crippen LogP contribution in [-0.4, -0.2) is 39.2 Å². The quantitative estimate of drug-likeness (QED) is 0.817. The van der Waals surface area contributed by atoms with Gasteiger partial charge in [0.1, 0.15) is 0 Å². The molecule has 0 aliphatic rings. The van der Waals surface area contributed by atoms with Crippen LogP contribution in [0.2, 0.25) is 0 Å². The van der Waals surface area contributed by atoms with Gasteiger partial charge >= 0.3 is 0 Å². The van der Waals surface area contributed by atoms with Gasteiger partial charge in [0.2, 0.25) is 0 Å². The molecule has 1 amide bonds. The molecular weight excluding hydrogens is 240 g/mol. The maximum Gasteiger partial charge on any atom is 0.255 e. The Kier molecular flexibility index (Phi) is 4.28. The second-order valence-electron chi connectivity index (χ2n) is 4.59. The lowest BCUT2D eigenvalue weighted by Gasteiger charge is -2.16. The van der Waals surface area contributed by atoms with Crippen LogP contribution in [0, 0.1) is 0 Å². The maximum atomic E-state index is 12.1. The minimum Gasteiger partial charge on any atom is -0.342 e. The van der Waals surface area contributed by atoms with E-state index < -0.39 is 0 Å². The average molecular weight is 258 g/mol. The molecule has 2 aromatic heterocycles. The van der Waals surface area contributed by atoms with Crippen molar-refractivity contribution in [2.75, 3.05) is 13.6 Å². The van der Waals surface area contributed by atoms with Crippen molar-refractivity contribution in [3.63, 3.8) is 0 Å². The summed E-state index contributed by atoms with van der Waals surface area (Å²) >= 11 is 0. The minimum absolute atomic E-state index is 0.0132. The standard InChI is InChI=1S/C14H18N4O/c1-17(14(19)13-6-3-7-15-10-13)8-4-5-12-9-16-18(2)11-12/h3,6-7,9-11H,4-5,8H2,1-2H3. The molecule has 5 nitrogen and oxygen atoms in total. The highest BCUT2D eigenvalue weighted by atomic mass is 16.2. The lowest BCUT2D eigenvalue weighted by molar-refractivity contribution is 0.0793. The lowest BCUT2D eigenvalue weighted by atomic mass is 10.2. The number of hydrogen-bond donors (Lipinski definition) is 0. The third-order valence-corrected chi connectivity index (χ3v) is 2.97. The van der Waals surface area contributed by atoms with Crippen molar-refractivity contribution in [3.8, 4) is 0 Å². The summed E-state index contributed by atoms with van der Waals surface area (Å²) in [4.78, 5) is 17.8. The first-order valence-electron chi connectivity index (χ1n) is 6.30. The largest absolute Gasteiger partial charge is 0.342 e. The van der Waals surface area contributed by atoms with E-state index in [-0.39, 0.29) is 5.91 Å². The highest BCUT2D eigenvalue weighted by molar-refractivity contribution is 5.93. The second-order valence-corrected chi connectivity index (χ2v) is 4.59. The highest BCUT2D eigenvalue weighted by Gasteiger charge is 2.10. The van der Waals surface area contributed by atoms with Crippen LogP contribution in [0.15, 0.2) is 36.9 Å². The topological polar surface area (TPSA) is 51.0 Å². The van der Waals surface area contributed by atoms with Crippen LogP contribution in [0.5, 0.6) is 0 Å². The lowest BCUT2D eigenvalue weighted by Crippen LogP contribution is -2.28. The summed E-state index contributed by atoms with van der Waals surface area (Å²) in [6, 6.07) is 3.56. The number of pyridine rings is 1. The monoisotopic (exact) mass is 258 g/mol. The third kappa shape index (κ3) is 3.64. The van der Waals surface area contributed by atoms with Crippen molar-refractivity contribution in [2.24, 2.45) is 7.05 Å². The fraction of sp³-hybridized carbons (Fsp3) is 0.357. The molecule has 0 radical (unpaired) electrons. The summed E-state index contributed by atoms with van der Waals surface area (Å²) in [6.45, 7) is 0.725. The van der Waals surface area contributed by atoms with Crippen LogP contribution in [0.4, 0.5) is 0 Å². The normalized spacial score (nSPS) is 10.4. The molecular formula is C14H18N4O. The molecule has 0 aliphatic heterocycles. The van der Waals surface area contributed by atoms with Gasteiger partial charge in [0.25, 0.3) is 5.91 Å². The van der Waals surface area contributed by atoms with E-state index in [1.54, 1.807) is 34.1 Å². The van der Waals surface area contributed by atoms with E-state index in [1.807, 2.05) is 26.5 Å². The van der Waals surface area contributed by atoms with E-state index in [1.165, 1.54) is 5.56 Å². The number of aryl methyl sites for hydroxylation is 2. The predicted octanol–water partition coefficient (Wildman–Crippen LogP) is 1.52. The summed E-state index contributed by atoms with van der Waals surface area (Å²) < 4.78 is 1.79. The summed E-state index contributed by atoms with van der Waals surface area (Å²) in [5.74, 6) is 0.0132. The Labute approximate surface area is 112 Å². The molecule has 0 saturated heterocycles. The zero-order valence-electron chi connectivity index (χ0n) is 11.3. The molecule has 0 spiro atoms. The van der Waals surface area contributed by atoms with Crippen LogP contribution in [-0.2, 0) is 13.5 Å². The average Bonchev–Trinajstić information content (AvgIpc) is 2.84. The van der Waals surface area contributed by atoms with Gasteiger partial charge in [-0.05, 0) is 30.5 Å². The van der Waals surface area contributed by atoms with Crippen LogP contribution in [0.25, 0.3) is 0 Å². The van der Waals surface area contributed by atoms with Crippen molar-refractivity contribution < 1.29 is 4.79 Å². The Morgan fingerprint density at radius 3 is 2.89 bits per heavy atom. The summed E-state index contributed by atoms with van der Waals surface area (Å²) in [6.07, 6.45) is 8.98. The Bertz CT molecular complexity index is 535. The van der Waals surface area contributed by atoms with Crippen LogP contribution < -0.4 is 0 Å². The molecule has 0 saturated carbocycles. The van der Waals surface area contributed by atoms with Gasteiger partial charge in [0.05, 0.1) is 11.8 Å². The van der Waals surface area contributed by atoms with Crippen LogP contribution >= 0.6 is 0 Å². The van der Waals surface area contributed by atoms with Crippen molar-refractivity contribution in [1.82, 2.24) is 19.7 Å². The summed E-state index contributed by atoms with van der Waals surface area (Å²) in [5.41, 5.74) is 1.83. The Hall–Kier alpha value is -2.17. The van der Waals surface area contributed by atoms with Gasteiger partial charge < -0.3 is 4.90 Å². The van der Waals surface area contributed by atoms with E-state index in [4.69, 9.17) is 0 Å². The van der Waals surface area contributed by atoms with Gasteiger partial charge in [-0.2, -0.15) is 5.10 Å². The number of hydrogen-bond acceptors (Lipinski definition) is 3. The molecule has 2 rings (SSSR count). The Balaban J connectivity index is 1.81. The fourth-order valence-electron chi connectivity index (χ4n) is 1.93. The third-order valence-electron chi connectivity index (χ3n) is 2.97. The Morgan fingerprint density at radius 1 is 1.42 bits per heavy atom. The highest BCUT2D eigenvalue weighted by Crippen LogP contribution is 2.05. The maximum absolute atomic E-state index is 12.1. The van der Waals surface area contributed by atoms with Gasteiger partial charge in [-0.3, -0.25) is 14.5 Å². The van der Waals surface area contributed by atoms with Crippen molar-refractivity contribution in [2.45, 2.75) is 12.8 Å². The number of amides is 1. The van der Waals surface area contributed by atoms with Gasteiger partial charge in [-0.1, -0.05) is 0 Å². The smallest absolute Gasteiger partial charge is 0.255 e. The molecule has 0 aromatic carbocycles. The van der Waals surface area contributed by atoms with Crippen molar-refractivity contribution >= 4 is 5.91 Å². The first kappa shape index (κ1) is 13.3. The Morgan fingerprint density at radius 2 is 2.26 bits per heavy atom. The zero-order valence-corrected chi connectivity index (χ0v) is 11.3. The number of nitrogens with zero attached hydrogens (tertiary/aromatic N) is 4. The molecule has 0 N–H and O–H groups in total. The number of carbonyl (C=O) groups is 1. The molecule has 0 bridgehead atoms. The molecule has 0 atom stereocenters. The molecule has 100 valence electrons. The second kappa shape index (κ2) is 6.13. The van der Waals surface area contributed by atoms with Crippen LogP contribution in [0.3, 0.4) is 0 Å². The molecule has 0 unspecified atom stereocenters. The number of carbonyl (C=O) groups excluding carboxylic acids is 1. The van der Waals surface area contributed by atoms with Crippen molar-refractivity contribution in [3.05, 3.63) is 48.0 Å². The minimum atomic E-state index is 0.0132. The molecule has 0 aliphatic carbocycles. The SMILES string of the molecule is CN(CCCc1cnn(C)c1)C(=O)c1cccnc1. The van der Waals surface area contributed by atoms with Gasteiger partial charge in [-0.25, -0.2) is 0 Å².